The summed E-state index contributed by atoms with van der Waals surface area (Å²) in [6.45, 7) is 0.119. The molecule has 0 aliphatic carbocycles. The van der Waals surface area contributed by atoms with E-state index in [0.29, 0.717) is 22.9 Å². The third-order valence-corrected chi connectivity index (χ3v) is 4.13. The topological polar surface area (TPSA) is 117 Å². The van der Waals surface area contributed by atoms with Crippen molar-refractivity contribution >= 4 is 24.1 Å². The van der Waals surface area contributed by atoms with E-state index in [-0.39, 0.29) is 22.8 Å². The Kier molecular flexibility index (Phi) is 6.19. The van der Waals surface area contributed by atoms with Crippen LogP contribution in [-0.2, 0) is 6.61 Å². The van der Waals surface area contributed by atoms with Crippen molar-refractivity contribution in [3.8, 4) is 17.2 Å². The molecule has 3 aromatic rings. The van der Waals surface area contributed by atoms with Gasteiger partial charge in [-0.3, -0.25) is 10.1 Å². The summed E-state index contributed by atoms with van der Waals surface area (Å²) in [6, 6.07) is 12.0. The first kappa shape index (κ1) is 20.0. The van der Waals surface area contributed by atoms with Crippen molar-refractivity contribution in [1.29, 1.82) is 0 Å². The second-order valence-electron chi connectivity index (χ2n) is 5.63. The van der Waals surface area contributed by atoms with Gasteiger partial charge < -0.3 is 14.2 Å². The van der Waals surface area contributed by atoms with Crippen LogP contribution < -0.4 is 14.2 Å². The van der Waals surface area contributed by atoms with Gasteiger partial charge in [0.15, 0.2) is 5.82 Å². The van der Waals surface area contributed by atoms with Crippen LogP contribution in [0.2, 0.25) is 0 Å². The van der Waals surface area contributed by atoms with Crippen LogP contribution in [0.25, 0.3) is 0 Å². The number of nitrogens with one attached hydrogen (secondary N) is 1. The Morgan fingerprint density at radius 1 is 1.24 bits per heavy atom. The van der Waals surface area contributed by atoms with E-state index in [1.165, 1.54) is 37.2 Å². The minimum atomic E-state index is -0.543. The number of methoxy groups -OCH3 is 2. The minimum absolute atomic E-state index is 0.0841. The van der Waals surface area contributed by atoms with Crippen LogP contribution in [0.3, 0.4) is 0 Å². The van der Waals surface area contributed by atoms with Crippen LogP contribution in [0, 0.1) is 14.9 Å². The lowest BCUT2D eigenvalue weighted by Crippen LogP contribution is -2.04. The number of hydrogen-bond acceptors (Lipinski definition) is 8. The zero-order chi connectivity index (χ0) is 20.8. The molecule has 29 heavy (non-hydrogen) atoms. The number of ether oxygens (including phenoxy) is 3. The molecule has 0 atom stereocenters. The molecule has 1 aromatic heterocycles. The average molecular weight is 415 g/mol. The van der Waals surface area contributed by atoms with Crippen molar-refractivity contribution in [3.05, 3.63) is 68.7 Å². The van der Waals surface area contributed by atoms with Crippen LogP contribution >= 0.6 is 12.2 Å². The molecule has 0 bridgehead atoms. The van der Waals surface area contributed by atoms with Gasteiger partial charge in [-0.05, 0) is 24.4 Å². The number of nitrogens with zero attached hydrogens (tertiary/aromatic N) is 4. The van der Waals surface area contributed by atoms with Crippen LogP contribution in [0.15, 0.2) is 47.6 Å². The number of aromatic amines is 1. The molecule has 0 spiro atoms. The van der Waals surface area contributed by atoms with Crippen molar-refractivity contribution in [3.63, 3.8) is 0 Å². The molecule has 11 heteroatoms. The Bertz CT molecular complexity index is 1090. The smallest absolute Gasteiger partial charge is 0.311 e. The number of rotatable bonds is 8. The fourth-order valence-electron chi connectivity index (χ4n) is 2.47. The van der Waals surface area contributed by atoms with Crippen molar-refractivity contribution in [2.24, 2.45) is 5.10 Å². The number of benzene rings is 2. The van der Waals surface area contributed by atoms with Gasteiger partial charge in [-0.15, -0.1) is 0 Å². The van der Waals surface area contributed by atoms with Gasteiger partial charge in [-0.25, -0.2) is 5.10 Å². The fourth-order valence-corrected chi connectivity index (χ4v) is 2.67. The lowest BCUT2D eigenvalue weighted by molar-refractivity contribution is -0.385. The second-order valence-corrected chi connectivity index (χ2v) is 6.01. The molecule has 0 fully saturated rings. The Labute approximate surface area is 170 Å². The van der Waals surface area contributed by atoms with Crippen LogP contribution in [0.5, 0.6) is 17.2 Å². The maximum Gasteiger partial charge on any atom is 0.311 e. The van der Waals surface area contributed by atoms with Crippen molar-refractivity contribution in [1.82, 2.24) is 14.9 Å². The third-order valence-electron chi connectivity index (χ3n) is 3.87. The molecular formula is C18H17N5O5S. The van der Waals surface area contributed by atoms with E-state index in [9.17, 15) is 10.1 Å². The molecular weight excluding hydrogens is 398 g/mol. The summed E-state index contributed by atoms with van der Waals surface area (Å²) < 4.78 is 17.6. The number of aromatic nitrogens is 3. The van der Waals surface area contributed by atoms with Gasteiger partial charge in [-0.1, -0.05) is 18.2 Å². The Morgan fingerprint density at radius 3 is 2.62 bits per heavy atom. The number of H-pyrrole nitrogens is 1. The normalized spacial score (nSPS) is 10.8. The van der Waals surface area contributed by atoms with E-state index in [0.717, 1.165) is 0 Å². The lowest BCUT2D eigenvalue weighted by atomic mass is 10.1. The van der Waals surface area contributed by atoms with Gasteiger partial charge >= 0.3 is 5.69 Å². The summed E-state index contributed by atoms with van der Waals surface area (Å²) in [7, 11) is 2.79. The molecule has 1 N–H and O–H groups in total. The number of nitro benzene ring substituents is 1. The summed E-state index contributed by atoms with van der Waals surface area (Å²) in [5, 5.41) is 22.3. The molecule has 0 unspecified atom stereocenters. The number of nitro groups is 1. The predicted molar refractivity (Wildman–Crippen MR) is 107 cm³/mol. The van der Waals surface area contributed by atoms with E-state index in [1.54, 1.807) is 0 Å². The van der Waals surface area contributed by atoms with E-state index < -0.39 is 4.92 Å². The molecule has 0 saturated heterocycles. The van der Waals surface area contributed by atoms with Crippen LogP contribution in [-0.4, -0.2) is 40.2 Å². The maximum atomic E-state index is 11.3. The van der Waals surface area contributed by atoms with E-state index in [2.05, 4.69) is 15.3 Å². The molecule has 2 aromatic carbocycles. The van der Waals surface area contributed by atoms with Gasteiger partial charge in [0.25, 0.3) is 0 Å². The minimum Gasteiger partial charge on any atom is -0.496 e. The average Bonchev–Trinajstić information content (AvgIpc) is 3.10. The number of para-hydroxylation sites is 1. The first-order chi connectivity index (χ1) is 14.0. The SMILES string of the molecule is COc1cc(OC)c([N+](=O)[O-])cc1/C=N\n1c(COc2ccccc2)n[nH]c1=S. The quantitative estimate of drug-likeness (QED) is 0.259. The van der Waals surface area contributed by atoms with E-state index in [1.807, 2.05) is 30.3 Å². The van der Waals surface area contributed by atoms with Crippen molar-refractivity contribution < 1.29 is 19.1 Å². The van der Waals surface area contributed by atoms with Crippen LogP contribution in [0.1, 0.15) is 11.4 Å². The summed E-state index contributed by atoms with van der Waals surface area (Å²) >= 11 is 5.20. The van der Waals surface area contributed by atoms with Gasteiger partial charge in [-0.2, -0.15) is 14.9 Å². The molecule has 150 valence electrons. The molecule has 0 aliphatic heterocycles. The highest BCUT2D eigenvalue weighted by Gasteiger charge is 2.19. The first-order valence-corrected chi connectivity index (χ1v) is 8.73. The van der Waals surface area contributed by atoms with Gasteiger partial charge in [0.1, 0.15) is 18.1 Å². The molecule has 1 heterocycles. The monoisotopic (exact) mass is 415 g/mol. The summed E-state index contributed by atoms with van der Waals surface area (Å²) in [6.07, 6.45) is 1.39. The first-order valence-electron chi connectivity index (χ1n) is 8.32. The highest BCUT2D eigenvalue weighted by atomic mass is 32.1. The third kappa shape index (κ3) is 4.58. The molecule has 0 amide bonds. The van der Waals surface area contributed by atoms with Crippen molar-refractivity contribution in [2.75, 3.05) is 14.2 Å². The zero-order valence-electron chi connectivity index (χ0n) is 15.6. The second kappa shape index (κ2) is 8.97. The largest absolute Gasteiger partial charge is 0.496 e. The maximum absolute atomic E-state index is 11.3. The van der Waals surface area contributed by atoms with Crippen molar-refractivity contribution in [2.45, 2.75) is 6.61 Å². The molecule has 0 radical (unpaired) electrons. The standard InChI is InChI=1S/C18H17N5O5S/c1-26-15-9-16(27-2)14(23(24)25)8-12(15)10-19-22-17(20-21-18(22)29)11-28-13-6-4-3-5-7-13/h3-10H,11H2,1-2H3,(H,21,29)/b19-10-. The highest BCUT2D eigenvalue weighted by Crippen LogP contribution is 2.33. The predicted octanol–water partition coefficient (Wildman–Crippen LogP) is 3.33. The highest BCUT2D eigenvalue weighted by molar-refractivity contribution is 7.71. The van der Waals surface area contributed by atoms with Gasteiger partial charge in [0, 0.05) is 17.7 Å². The molecule has 10 nitrogen and oxygen atoms in total. The molecule has 0 saturated carbocycles. The lowest BCUT2D eigenvalue weighted by Gasteiger charge is -2.08. The summed E-state index contributed by atoms with van der Waals surface area (Å²) in [5.41, 5.74) is 0.163. The molecule has 3 rings (SSSR count). The van der Waals surface area contributed by atoms with E-state index in [4.69, 9.17) is 26.4 Å². The molecule has 0 aliphatic rings. The fraction of sp³-hybridized carbons (Fsp3) is 0.167. The van der Waals surface area contributed by atoms with Crippen LogP contribution in [0.4, 0.5) is 5.69 Å². The van der Waals surface area contributed by atoms with Gasteiger partial charge in [0.05, 0.1) is 25.4 Å². The van der Waals surface area contributed by atoms with E-state index >= 15 is 0 Å². The number of hydrogen-bond donors (Lipinski definition) is 1. The Hall–Kier alpha value is -3.73. The van der Waals surface area contributed by atoms with Gasteiger partial charge in [0.2, 0.25) is 10.5 Å². The Balaban J connectivity index is 1.90. The zero-order valence-corrected chi connectivity index (χ0v) is 16.4. The summed E-state index contributed by atoms with van der Waals surface area (Å²) in [5.74, 6) is 1.54. The Morgan fingerprint density at radius 2 is 1.97 bits per heavy atom. The summed E-state index contributed by atoms with van der Waals surface area (Å²) in [4.78, 5) is 10.7.